The number of aliphatic hydroxyl groups is 1. The molecule has 1 atom stereocenters. The van der Waals surface area contributed by atoms with Crippen LogP contribution in [0.2, 0.25) is 5.02 Å². The molecule has 0 aliphatic rings. The first-order valence-corrected chi connectivity index (χ1v) is 5.82. The molecule has 1 aromatic heterocycles. The Morgan fingerprint density at radius 2 is 2.27 bits per heavy atom. The Morgan fingerprint density at radius 1 is 1.47 bits per heavy atom. The molecule has 0 aliphatic heterocycles. The van der Waals surface area contributed by atoms with Gasteiger partial charge in [0.25, 0.3) is 0 Å². The van der Waals surface area contributed by atoms with Crippen molar-refractivity contribution in [1.82, 2.24) is 4.98 Å². The number of hydrogen-bond acceptors (Lipinski definition) is 3. The third-order valence-electron chi connectivity index (χ3n) is 2.02. The van der Waals surface area contributed by atoms with E-state index < -0.39 is 6.10 Å². The fourth-order valence-electron chi connectivity index (χ4n) is 1.23. The third kappa shape index (κ3) is 2.37. The van der Waals surface area contributed by atoms with Crippen LogP contribution in [0.3, 0.4) is 0 Å². The Labute approximate surface area is 97.2 Å². The van der Waals surface area contributed by atoms with Gasteiger partial charge in [0.2, 0.25) is 0 Å². The van der Waals surface area contributed by atoms with Gasteiger partial charge in [-0.2, -0.15) is 0 Å². The SMILES string of the molecule is CC(O)c1csc(-c2cccc(Cl)c2)n1. The Bertz CT molecular complexity index is 467. The minimum absolute atomic E-state index is 0.519. The zero-order valence-corrected chi connectivity index (χ0v) is 9.72. The largest absolute Gasteiger partial charge is 0.387 e. The summed E-state index contributed by atoms with van der Waals surface area (Å²) in [5.74, 6) is 0. The Kier molecular flexibility index (Phi) is 3.05. The minimum atomic E-state index is -0.519. The molecule has 0 saturated heterocycles. The van der Waals surface area contributed by atoms with Crippen molar-refractivity contribution in [2.75, 3.05) is 0 Å². The highest BCUT2D eigenvalue weighted by Gasteiger charge is 2.08. The van der Waals surface area contributed by atoms with E-state index in [9.17, 15) is 5.11 Å². The predicted octanol–water partition coefficient (Wildman–Crippen LogP) is 3.52. The number of rotatable bonds is 2. The maximum Gasteiger partial charge on any atom is 0.123 e. The smallest absolute Gasteiger partial charge is 0.123 e. The summed E-state index contributed by atoms with van der Waals surface area (Å²) in [5.41, 5.74) is 1.69. The second kappa shape index (κ2) is 4.31. The summed E-state index contributed by atoms with van der Waals surface area (Å²) in [4.78, 5) is 4.33. The van der Waals surface area contributed by atoms with E-state index >= 15 is 0 Å². The topological polar surface area (TPSA) is 33.1 Å². The van der Waals surface area contributed by atoms with Gasteiger partial charge in [-0.15, -0.1) is 11.3 Å². The molecule has 78 valence electrons. The van der Waals surface area contributed by atoms with E-state index in [2.05, 4.69) is 4.98 Å². The molecule has 0 amide bonds. The highest BCUT2D eigenvalue weighted by molar-refractivity contribution is 7.13. The normalized spacial score (nSPS) is 12.7. The molecular formula is C11H10ClNOS. The van der Waals surface area contributed by atoms with Gasteiger partial charge in [-0.25, -0.2) is 4.98 Å². The van der Waals surface area contributed by atoms with Gasteiger partial charge < -0.3 is 5.11 Å². The average Bonchev–Trinajstić information content (AvgIpc) is 2.66. The van der Waals surface area contributed by atoms with Crippen molar-refractivity contribution >= 4 is 22.9 Å². The quantitative estimate of drug-likeness (QED) is 0.870. The minimum Gasteiger partial charge on any atom is -0.387 e. The predicted molar refractivity (Wildman–Crippen MR) is 63.2 cm³/mol. The standard InChI is InChI=1S/C11H10ClNOS/c1-7(14)10-6-15-11(13-10)8-3-2-4-9(12)5-8/h2-7,14H,1H3. The van der Waals surface area contributed by atoms with Crippen molar-refractivity contribution < 1.29 is 5.11 Å². The van der Waals surface area contributed by atoms with Crippen molar-refractivity contribution in [3.63, 3.8) is 0 Å². The van der Waals surface area contributed by atoms with Crippen LogP contribution in [0.1, 0.15) is 18.7 Å². The Balaban J connectivity index is 2.37. The lowest BCUT2D eigenvalue weighted by Gasteiger charge is -1.98. The lowest BCUT2D eigenvalue weighted by atomic mass is 10.2. The maximum atomic E-state index is 9.36. The fraction of sp³-hybridized carbons (Fsp3) is 0.182. The molecule has 1 aromatic carbocycles. The van der Waals surface area contributed by atoms with Gasteiger partial charge >= 0.3 is 0 Å². The third-order valence-corrected chi connectivity index (χ3v) is 3.17. The summed E-state index contributed by atoms with van der Waals surface area (Å²) in [5, 5.41) is 12.8. The highest BCUT2D eigenvalue weighted by Crippen LogP contribution is 2.27. The van der Waals surface area contributed by atoms with Gasteiger partial charge in [-0.05, 0) is 19.1 Å². The molecule has 0 spiro atoms. The molecule has 0 aliphatic carbocycles. The second-order valence-corrected chi connectivity index (χ2v) is 4.56. The van der Waals surface area contributed by atoms with Crippen LogP contribution in [0.4, 0.5) is 0 Å². The van der Waals surface area contributed by atoms with Crippen LogP contribution in [0.15, 0.2) is 29.6 Å². The molecular weight excluding hydrogens is 230 g/mol. The summed E-state index contributed by atoms with van der Waals surface area (Å²) in [6, 6.07) is 7.54. The molecule has 2 aromatic rings. The first-order valence-electron chi connectivity index (χ1n) is 4.56. The molecule has 2 rings (SSSR count). The molecule has 2 nitrogen and oxygen atoms in total. The van der Waals surface area contributed by atoms with E-state index in [-0.39, 0.29) is 0 Å². The van der Waals surface area contributed by atoms with Gasteiger partial charge in [0, 0.05) is 16.0 Å². The lowest BCUT2D eigenvalue weighted by Crippen LogP contribution is -1.90. The van der Waals surface area contributed by atoms with Gasteiger partial charge in [0.15, 0.2) is 0 Å². The number of nitrogens with zero attached hydrogens (tertiary/aromatic N) is 1. The molecule has 0 radical (unpaired) electrons. The van der Waals surface area contributed by atoms with E-state index in [0.717, 1.165) is 10.6 Å². The van der Waals surface area contributed by atoms with Crippen LogP contribution in [0, 0.1) is 0 Å². The zero-order chi connectivity index (χ0) is 10.8. The van der Waals surface area contributed by atoms with Crippen molar-refractivity contribution in [3.05, 3.63) is 40.4 Å². The van der Waals surface area contributed by atoms with Crippen LogP contribution in [0.25, 0.3) is 10.6 Å². The van der Waals surface area contributed by atoms with E-state index in [4.69, 9.17) is 11.6 Å². The van der Waals surface area contributed by atoms with Crippen LogP contribution >= 0.6 is 22.9 Å². The van der Waals surface area contributed by atoms with Crippen molar-refractivity contribution in [1.29, 1.82) is 0 Å². The molecule has 1 N–H and O–H groups in total. The highest BCUT2D eigenvalue weighted by atomic mass is 35.5. The van der Waals surface area contributed by atoms with Gasteiger partial charge in [0.1, 0.15) is 5.01 Å². The van der Waals surface area contributed by atoms with Crippen LogP contribution in [-0.4, -0.2) is 10.1 Å². The van der Waals surface area contributed by atoms with E-state index in [0.29, 0.717) is 10.7 Å². The Hall–Kier alpha value is -0.900. The van der Waals surface area contributed by atoms with Crippen molar-refractivity contribution in [3.8, 4) is 10.6 Å². The molecule has 15 heavy (non-hydrogen) atoms. The van der Waals surface area contributed by atoms with Crippen LogP contribution in [0.5, 0.6) is 0 Å². The van der Waals surface area contributed by atoms with Crippen molar-refractivity contribution in [2.24, 2.45) is 0 Å². The number of thiazole rings is 1. The van der Waals surface area contributed by atoms with E-state index in [1.54, 1.807) is 6.92 Å². The van der Waals surface area contributed by atoms with Crippen molar-refractivity contribution in [2.45, 2.75) is 13.0 Å². The summed E-state index contributed by atoms with van der Waals surface area (Å²) in [7, 11) is 0. The monoisotopic (exact) mass is 239 g/mol. The van der Waals surface area contributed by atoms with E-state index in [1.165, 1.54) is 11.3 Å². The molecule has 4 heteroatoms. The van der Waals surface area contributed by atoms with Gasteiger partial charge in [-0.1, -0.05) is 23.7 Å². The van der Waals surface area contributed by atoms with Crippen LogP contribution < -0.4 is 0 Å². The number of benzene rings is 1. The Morgan fingerprint density at radius 3 is 2.87 bits per heavy atom. The number of aromatic nitrogens is 1. The molecule has 0 fully saturated rings. The zero-order valence-electron chi connectivity index (χ0n) is 8.14. The number of aliphatic hydroxyl groups excluding tert-OH is 1. The fourth-order valence-corrected chi connectivity index (χ4v) is 2.33. The van der Waals surface area contributed by atoms with Gasteiger partial charge in [-0.3, -0.25) is 0 Å². The lowest BCUT2D eigenvalue weighted by molar-refractivity contribution is 0.195. The second-order valence-electron chi connectivity index (χ2n) is 3.26. The van der Waals surface area contributed by atoms with E-state index in [1.807, 2.05) is 29.6 Å². The van der Waals surface area contributed by atoms with Gasteiger partial charge in [0.05, 0.1) is 11.8 Å². The summed E-state index contributed by atoms with van der Waals surface area (Å²) >= 11 is 7.40. The summed E-state index contributed by atoms with van der Waals surface area (Å²) in [6.07, 6.45) is -0.519. The maximum absolute atomic E-state index is 9.36. The molecule has 0 bridgehead atoms. The first kappa shape index (κ1) is 10.6. The number of hydrogen-bond donors (Lipinski definition) is 1. The first-order chi connectivity index (χ1) is 7.16. The summed E-state index contributed by atoms with van der Waals surface area (Å²) < 4.78 is 0. The molecule has 0 saturated carbocycles. The molecule has 1 heterocycles. The summed E-state index contributed by atoms with van der Waals surface area (Å²) in [6.45, 7) is 1.71. The number of halogens is 1. The molecule has 1 unspecified atom stereocenters. The van der Waals surface area contributed by atoms with Crippen LogP contribution in [-0.2, 0) is 0 Å². The average molecular weight is 240 g/mol.